The summed E-state index contributed by atoms with van der Waals surface area (Å²) in [6, 6.07) is 0. The van der Waals surface area contributed by atoms with Gasteiger partial charge in [0.25, 0.3) is 5.56 Å². The van der Waals surface area contributed by atoms with Gasteiger partial charge >= 0.3 is 5.97 Å². The number of thiophene rings is 1. The minimum Gasteiger partial charge on any atom is -0.465 e. The highest BCUT2D eigenvalue weighted by Crippen LogP contribution is 2.36. The highest BCUT2D eigenvalue weighted by molar-refractivity contribution is 8.00. The van der Waals surface area contributed by atoms with Crippen LogP contribution in [0.5, 0.6) is 0 Å². The van der Waals surface area contributed by atoms with E-state index in [2.05, 4.69) is 0 Å². The van der Waals surface area contributed by atoms with Gasteiger partial charge in [0, 0.05) is 18.4 Å². The molecule has 0 bridgehead atoms. The molecule has 1 aliphatic heterocycles. The van der Waals surface area contributed by atoms with E-state index in [1.807, 2.05) is 0 Å². The molecule has 0 unspecified atom stereocenters. The number of hydrogen-bond acceptors (Lipinski definition) is 7. The molecule has 1 fully saturated rings. The van der Waals surface area contributed by atoms with Crippen LogP contribution in [0.25, 0.3) is 10.2 Å². The van der Waals surface area contributed by atoms with Crippen LogP contribution < -0.4 is 5.56 Å². The van der Waals surface area contributed by atoms with Crippen molar-refractivity contribution in [3.05, 3.63) is 20.8 Å². The van der Waals surface area contributed by atoms with Gasteiger partial charge in [0.05, 0.1) is 25.1 Å². The Morgan fingerprint density at radius 2 is 2.29 bits per heavy atom. The predicted octanol–water partition coefficient (Wildman–Crippen LogP) is 2.00. The topological polar surface area (TPSA) is 70.4 Å². The molecule has 0 spiro atoms. The molecule has 1 saturated heterocycles. The molecule has 0 radical (unpaired) electrons. The number of ether oxygens (including phenoxy) is 2. The van der Waals surface area contributed by atoms with E-state index in [1.54, 1.807) is 23.0 Å². The molecule has 0 N–H and O–H groups in total. The lowest BCUT2D eigenvalue weighted by Gasteiger charge is -2.13. The molecular weight excluding hydrogens is 348 g/mol. The number of thioether (sulfide) groups is 1. The Labute approximate surface area is 147 Å². The van der Waals surface area contributed by atoms with Gasteiger partial charge in [-0.2, -0.15) is 0 Å². The lowest BCUT2D eigenvalue weighted by Crippen LogP contribution is -2.26. The van der Waals surface area contributed by atoms with Gasteiger partial charge in [-0.25, -0.2) is 4.98 Å². The first-order valence-electron chi connectivity index (χ1n) is 8.06. The van der Waals surface area contributed by atoms with Gasteiger partial charge in [-0.3, -0.25) is 14.2 Å². The van der Waals surface area contributed by atoms with E-state index >= 15 is 0 Å². The Kier molecular flexibility index (Phi) is 4.36. The normalized spacial score (nSPS) is 19.9. The summed E-state index contributed by atoms with van der Waals surface area (Å²) >= 11 is 2.96. The maximum Gasteiger partial charge on any atom is 0.319 e. The summed E-state index contributed by atoms with van der Waals surface area (Å²) in [6.45, 7) is 1.31. The van der Waals surface area contributed by atoms with Gasteiger partial charge in [-0.1, -0.05) is 11.8 Å². The van der Waals surface area contributed by atoms with Crippen molar-refractivity contribution in [2.24, 2.45) is 0 Å². The first kappa shape index (κ1) is 16.1. The Bertz CT molecular complexity index is 858. The number of nitrogens with zero attached hydrogens (tertiary/aromatic N) is 2. The van der Waals surface area contributed by atoms with Gasteiger partial charge in [0.2, 0.25) is 0 Å². The van der Waals surface area contributed by atoms with Crippen molar-refractivity contribution in [1.29, 1.82) is 0 Å². The van der Waals surface area contributed by atoms with Crippen LogP contribution in [0.15, 0.2) is 9.95 Å². The summed E-state index contributed by atoms with van der Waals surface area (Å²) in [7, 11) is 1.61. The number of fused-ring (bicyclic) bond motifs is 3. The van der Waals surface area contributed by atoms with Crippen molar-refractivity contribution in [2.75, 3.05) is 20.3 Å². The van der Waals surface area contributed by atoms with E-state index < -0.39 is 0 Å². The van der Waals surface area contributed by atoms with Gasteiger partial charge < -0.3 is 9.47 Å². The molecule has 0 aromatic carbocycles. The number of carbonyl (C=O) groups is 1. The molecule has 8 heteroatoms. The fraction of sp³-hybridized carbons (Fsp3) is 0.562. The van der Waals surface area contributed by atoms with E-state index in [0.717, 1.165) is 29.5 Å². The fourth-order valence-electron chi connectivity index (χ4n) is 3.24. The average molecular weight is 366 g/mol. The zero-order chi connectivity index (χ0) is 16.7. The molecule has 1 atom stereocenters. The van der Waals surface area contributed by atoms with E-state index in [9.17, 15) is 9.59 Å². The van der Waals surface area contributed by atoms with Crippen LogP contribution in [-0.4, -0.2) is 41.1 Å². The number of hydrogen-bond donors (Lipinski definition) is 0. The van der Waals surface area contributed by atoms with Crippen LogP contribution >= 0.6 is 23.1 Å². The number of carbonyl (C=O) groups excluding carboxylic acids is 1. The number of cyclic esters (lactones) is 1. The minimum atomic E-state index is -0.282. The number of rotatable bonds is 5. The first-order chi connectivity index (χ1) is 11.7. The Morgan fingerprint density at radius 1 is 1.42 bits per heavy atom. The molecule has 0 saturated carbocycles. The van der Waals surface area contributed by atoms with Gasteiger partial charge in [0.1, 0.15) is 10.1 Å². The average Bonchev–Trinajstić information content (AvgIpc) is 3.23. The summed E-state index contributed by atoms with van der Waals surface area (Å²) in [6.07, 6.45) is 3.75. The summed E-state index contributed by atoms with van der Waals surface area (Å²) in [5, 5.41) is 1.07. The van der Waals surface area contributed by atoms with Crippen molar-refractivity contribution in [2.45, 2.75) is 42.6 Å². The molecule has 2 aromatic heterocycles. The van der Waals surface area contributed by atoms with Crippen LogP contribution in [0.2, 0.25) is 0 Å². The number of aryl methyl sites for hydroxylation is 2. The van der Waals surface area contributed by atoms with E-state index in [0.29, 0.717) is 31.3 Å². The van der Waals surface area contributed by atoms with Crippen molar-refractivity contribution >= 4 is 39.3 Å². The highest BCUT2D eigenvalue weighted by Gasteiger charge is 2.30. The Morgan fingerprint density at radius 3 is 3.04 bits per heavy atom. The zero-order valence-electron chi connectivity index (χ0n) is 13.4. The van der Waals surface area contributed by atoms with Crippen LogP contribution in [-0.2, 0) is 33.7 Å². The highest BCUT2D eigenvalue weighted by atomic mass is 32.2. The van der Waals surface area contributed by atoms with Gasteiger partial charge in [-0.05, 0) is 24.8 Å². The number of esters is 1. The van der Waals surface area contributed by atoms with Crippen molar-refractivity contribution < 1.29 is 14.3 Å². The minimum absolute atomic E-state index is 0.00897. The largest absolute Gasteiger partial charge is 0.465 e. The lowest BCUT2D eigenvalue weighted by atomic mass is 10.2. The monoisotopic (exact) mass is 366 g/mol. The third kappa shape index (κ3) is 2.66. The Balaban J connectivity index is 1.81. The van der Waals surface area contributed by atoms with Gasteiger partial charge in [-0.15, -0.1) is 11.3 Å². The van der Waals surface area contributed by atoms with Crippen LogP contribution in [0.4, 0.5) is 0 Å². The third-order valence-corrected chi connectivity index (χ3v) is 6.86. The molecule has 2 aliphatic rings. The standard InChI is InChI=1S/C16H18N2O4S2/c1-21-8-6-18-14(19)12-9-3-2-4-10(9)23-13(12)17-16(18)24-11-5-7-22-15(11)20/h11H,2-8H2,1H3/t11-/m1/s1. The van der Waals surface area contributed by atoms with Crippen LogP contribution in [0.1, 0.15) is 23.3 Å². The maximum atomic E-state index is 13.1. The molecular formula is C16H18N2O4S2. The van der Waals surface area contributed by atoms with Crippen LogP contribution in [0, 0.1) is 0 Å². The summed E-state index contributed by atoms with van der Waals surface area (Å²) in [5.74, 6) is -0.221. The van der Waals surface area contributed by atoms with E-state index in [4.69, 9.17) is 14.5 Å². The lowest BCUT2D eigenvalue weighted by molar-refractivity contribution is -0.137. The van der Waals surface area contributed by atoms with Gasteiger partial charge in [0.15, 0.2) is 5.16 Å². The number of aromatic nitrogens is 2. The second-order valence-corrected chi connectivity index (χ2v) is 8.20. The third-order valence-electron chi connectivity index (χ3n) is 4.44. The summed E-state index contributed by atoms with van der Waals surface area (Å²) in [4.78, 5) is 31.7. The smallest absolute Gasteiger partial charge is 0.319 e. The quantitative estimate of drug-likeness (QED) is 0.595. The first-order valence-corrected chi connectivity index (χ1v) is 9.76. The molecule has 128 valence electrons. The molecule has 4 rings (SSSR count). The zero-order valence-corrected chi connectivity index (χ0v) is 15.0. The van der Waals surface area contributed by atoms with Crippen molar-refractivity contribution in [3.63, 3.8) is 0 Å². The SMILES string of the molecule is COCCn1c(S[C@@H]2CCOC2=O)nc2sc3c(c2c1=O)CCC3. The summed E-state index contributed by atoms with van der Waals surface area (Å²) in [5.41, 5.74) is 1.17. The molecule has 3 heterocycles. The summed E-state index contributed by atoms with van der Waals surface area (Å²) < 4.78 is 11.8. The second kappa shape index (κ2) is 6.50. The second-order valence-electron chi connectivity index (χ2n) is 5.94. The molecule has 1 aliphatic carbocycles. The van der Waals surface area contributed by atoms with Crippen LogP contribution in [0.3, 0.4) is 0 Å². The fourth-order valence-corrected chi connectivity index (χ4v) is 5.63. The molecule has 6 nitrogen and oxygen atoms in total. The molecule has 24 heavy (non-hydrogen) atoms. The van der Waals surface area contributed by atoms with E-state index in [1.165, 1.54) is 22.2 Å². The van der Waals surface area contributed by atoms with Crippen molar-refractivity contribution in [3.8, 4) is 0 Å². The molecule has 0 amide bonds. The van der Waals surface area contributed by atoms with E-state index in [-0.39, 0.29) is 16.8 Å². The number of methoxy groups -OCH3 is 1. The van der Waals surface area contributed by atoms with Crippen molar-refractivity contribution in [1.82, 2.24) is 9.55 Å². The Hall–Kier alpha value is -1.38. The predicted molar refractivity (Wildman–Crippen MR) is 93.0 cm³/mol. The maximum absolute atomic E-state index is 13.1. The molecule has 2 aromatic rings.